The first-order valence-electron chi connectivity index (χ1n) is 4.95. The van der Waals surface area contributed by atoms with Crippen LogP contribution in [-0.4, -0.2) is 11.0 Å². The summed E-state index contributed by atoms with van der Waals surface area (Å²) in [5.41, 5.74) is 1.89. The first kappa shape index (κ1) is 9.60. The lowest BCUT2D eigenvalue weighted by atomic mass is 10.2. The molecule has 3 heteroatoms. The highest BCUT2D eigenvalue weighted by Gasteiger charge is 2.08. The van der Waals surface area contributed by atoms with Crippen LogP contribution in [0.25, 0.3) is 21.8 Å². The minimum atomic E-state index is 0.860. The number of halogens is 1. The van der Waals surface area contributed by atoms with Gasteiger partial charge in [0.25, 0.3) is 0 Å². The van der Waals surface area contributed by atoms with Crippen LogP contribution < -0.4 is 0 Å². The van der Waals surface area contributed by atoms with E-state index in [0.29, 0.717) is 0 Å². The lowest BCUT2D eigenvalue weighted by Crippen LogP contribution is -1.92. The number of rotatable bonds is 1. The van der Waals surface area contributed by atoms with E-state index in [1.165, 1.54) is 0 Å². The highest BCUT2D eigenvalue weighted by atomic mass is 79.9. The standard InChI is InChI=1S/C13H8BrNO/c14-9-5-6-13-11(7-9)10-3-1-2-4-12(10)15(13)8-16/h1-8H. The topological polar surface area (TPSA) is 22.0 Å². The highest BCUT2D eigenvalue weighted by Crippen LogP contribution is 2.29. The summed E-state index contributed by atoms with van der Waals surface area (Å²) in [6.07, 6.45) is 0.860. The summed E-state index contributed by atoms with van der Waals surface area (Å²) in [6.45, 7) is 0. The van der Waals surface area contributed by atoms with Crippen molar-refractivity contribution in [3.8, 4) is 0 Å². The Kier molecular flexibility index (Phi) is 2.07. The predicted octanol–water partition coefficient (Wildman–Crippen LogP) is 3.60. The van der Waals surface area contributed by atoms with E-state index in [0.717, 1.165) is 32.7 Å². The van der Waals surface area contributed by atoms with Crippen molar-refractivity contribution >= 4 is 44.1 Å². The molecule has 0 saturated carbocycles. The maximum absolute atomic E-state index is 11.1. The molecule has 0 fully saturated rings. The van der Waals surface area contributed by atoms with Gasteiger partial charge >= 0.3 is 0 Å². The molecule has 3 aromatic rings. The molecule has 1 aromatic heterocycles. The lowest BCUT2D eigenvalue weighted by Gasteiger charge is -1.95. The van der Waals surface area contributed by atoms with E-state index in [2.05, 4.69) is 15.9 Å². The Labute approximate surface area is 101 Å². The number of hydrogen-bond acceptors (Lipinski definition) is 1. The van der Waals surface area contributed by atoms with Crippen molar-refractivity contribution in [1.82, 2.24) is 4.57 Å². The minimum Gasteiger partial charge on any atom is -0.282 e. The smallest absolute Gasteiger partial charge is 0.218 e. The molecule has 0 aliphatic carbocycles. The third-order valence-electron chi connectivity index (χ3n) is 2.78. The van der Waals surface area contributed by atoms with E-state index >= 15 is 0 Å². The normalized spacial score (nSPS) is 11.1. The Hall–Kier alpha value is -1.61. The summed E-state index contributed by atoms with van der Waals surface area (Å²) in [5, 5.41) is 2.20. The fourth-order valence-electron chi connectivity index (χ4n) is 2.09. The molecular formula is C13H8BrNO. The van der Waals surface area contributed by atoms with Crippen LogP contribution in [0.3, 0.4) is 0 Å². The van der Waals surface area contributed by atoms with Crippen LogP contribution in [-0.2, 0) is 4.79 Å². The van der Waals surface area contributed by atoms with E-state index in [9.17, 15) is 4.79 Å². The van der Waals surface area contributed by atoms with Crippen LogP contribution >= 0.6 is 15.9 Å². The molecule has 1 heterocycles. The highest BCUT2D eigenvalue weighted by molar-refractivity contribution is 9.10. The van der Waals surface area contributed by atoms with Gasteiger partial charge in [-0.05, 0) is 24.3 Å². The quantitative estimate of drug-likeness (QED) is 0.621. The molecule has 2 aromatic carbocycles. The van der Waals surface area contributed by atoms with Gasteiger partial charge in [0.1, 0.15) is 0 Å². The van der Waals surface area contributed by atoms with Gasteiger partial charge in [-0.2, -0.15) is 0 Å². The zero-order chi connectivity index (χ0) is 11.1. The van der Waals surface area contributed by atoms with Gasteiger partial charge in [0.15, 0.2) is 0 Å². The number of fused-ring (bicyclic) bond motifs is 3. The first-order valence-corrected chi connectivity index (χ1v) is 5.74. The van der Waals surface area contributed by atoms with Crippen molar-refractivity contribution in [1.29, 1.82) is 0 Å². The SMILES string of the molecule is O=Cn1c2ccccc2c2cc(Br)ccc21. The van der Waals surface area contributed by atoms with Crippen LogP contribution in [0.5, 0.6) is 0 Å². The Morgan fingerprint density at radius 2 is 1.75 bits per heavy atom. The van der Waals surface area contributed by atoms with E-state index in [4.69, 9.17) is 0 Å². The molecule has 0 saturated heterocycles. The monoisotopic (exact) mass is 273 g/mol. The number of benzene rings is 2. The van der Waals surface area contributed by atoms with Crippen LogP contribution in [0.2, 0.25) is 0 Å². The minimum absolute atomic E-state index is 0.860. The number of carbonyl (C=O) groups excluding carboxylic acids is 1. The fourth-order valence-corrected chi connectivity index (χ4v) is 2.45. The van der Waals surface area contributed by atoms with Crippen molar-refractivity contribution in [3.63, 3.8) is 0 Å². The van der Waals surface area contributed by atoms with Crippen molar-refractivity contribution in [2.45, 2.75) is 0 Å². The second kappa shape index (κ2) is 3.46. The number of para-hydroxylation sites is 1. The van der Waals surface area contributed by atoms with Gasteiger partial charge < -0.3 is 0 Å². The number of carbonyl (C=O) groups is 1. The molecule has 0 unspecified atom stereocenters. The summed E-state index contributed by atoms with van der Waals surface area (Å²) in [4.78, 5) is 11.1. The zero-order valence-electron chi connectivity index (χ0n) is 8.35. The molecule has 3 rings (SSSR count). The summed E-state index contributed by atoms with van der Waals surface area (Å²) in [6, 6.07) is 13.8. The summed E-state index contributed by atoms with van der Waals surface area (Å²) < 4.78 is 2.70. The number of nitrogens with zero attached hydrogens (tertiary/aromatic N) is 1. The van der Waals surface area contributed by atoms with Gasteiger partial charge in [0, 0.05) is 15.2 Å². The van der Waals surface area contributed by atoms with Gasteiger partial charge in [-0.3, -0.25) is 9.36 Å². The molecule has 0 N–H and O–H groups in total. The molecule has 0 spiro atoms. The molecule has 0 aliphatic heterocycles. The Morgan fingerprint density at radius 1 is 1.00 bits per heavy atom. The van der Waals surface area contributed by atoms with Gasteiger partial charge in [-0.15, -0.1) is 0 Å². The predicted molar refractivity (Wildman–Crippen MR) is 69.3 cm³/mol. The third kappa shape index (κ3) is 1.21. The van der Waals surface area contributed by atoms with E-state index in [1.807, 2.05) is 42.5 Å². The van der Waals surface area contributed by atoms with E-state index < -0.39 is 0 Å². The first-order chi connectivity index (χ1) is 7.81. The van der Waals surface area contributed by atoms with Crippen LogP contribution in [0, 0.1) is 0 Å². The number of hydrogen-bond donors (Lipinski definition) is 0. The third-order valence-corrected chi connectivity index (χ3v) is 3.27. The van der Waals surface area contributed by atoms with Crippen molar-refractivity contribution in [3.05, 3.63) is 46.9 Å². The maximum Gasteiger partial charge on any atom is 0.218 e. The lowest BCUT2D eigenvalue weighted by molar-refractivity contribution is 0.550. The van der Waals surface area contributed by atoms with Gasteiger partial charge in [-0.25, -0.2) is 0 Å². The second-order valence-electron chi connectivity index (χ2n) is 3.65. The van der Waals surface area contributed by atoms with E-state index in [1.54, 1.807) is 4.57 Å². The zero-order valence-corrected chi connectivity index (χ0v) is 9.94. The molecule has 2 nitrogen and oxygen atoms in total. The molecule has 0 amide bonds. The average molecular weight is 274 g/mol. The van der Waals surface area contributed by atoms with Crippen molar-refractivity contribution < 1.29 is 4.79 Å². The second-order valence-corrected chi connectivity index (χ2v) is 4.57. The van der Waals surface area contributed by atoms with E-state index in [-0.39, 0.29) is 0 Å². The van der Waals surface area contributed by atoms with Crippen LogP contribution in [0.4, 0.5) is 0 Å². The Balaban J connectivity index is 2.64. The van der Waals surface area contributed by atoms with Crippen LogP contribution in [0.15, 0.2) is 46.9 Å². The summed E-state index contributed by atoms with van der Waals surface area (Å²) in [7, 11) is 0. The molecule has 0 radical (unpaired) electrons. The Morgan fingerprint density at radius 3 is 2.56 bits per heavy atom. The van der Waals surface area contributed by atoms with Gasteiger partial charge in [0.2, 0.25) is 6.41 Å². The number of aromatic nitrogens is 1. The van der Waals surface area contributed by atoms with Gasteiger partial charge in [0.05, 0.1) is 11.0 Å². The maximum atomic E-state index is 11.1. The van der Waals surface area contributed by atoms with Gasteiger partial charge in [-0.1, -0.05) is 34.1 Å². The molecule has 0 bridgehead atoms. The largest absolute Gasteiger partial charge is 0.282 e. The summed E-state index contributed by atoms with van der Waals surface area (Å²) >= 11 is 3.45. The van der Waals surface area contributed by atoms with Crippen molar-refractivity contribution in [2.75, 3.05) is 0 Å². The average Bonchev–Trinajstić information content (AvgIpc) is 2.62. The molecule has 78 valence electrons. The fraction of sp³-hybridized carbons (Fsp3) is 0. The summed E-state index contributed by atoms with van der Waals surface area (Å²) in [5.74, 6) is 0. The molecule has 0 aliphatic rings. The Bertz CT molecular complexity index is 700. The molecule has 16 heavy (non-hydrogen) atoms. The van der Waals surface area contributed by atoms with Crippen LogP contribution in [0.1, 0.15) is 0 Å². The molecular weight excluding hydrogens is 266 g/mol. The van der Waals surface area contributed by atoms with Crippen molar-refractivity contribution in [2.24, 2.45) is 0 Å². The molecule has 0 atom stereocenters.